The van der Waals surface area contributed by atoms with E-state index in [-0.39, 0.29) is 18.3 Å². The van der Waals surface area contributed by atoms with Crippen molar-refractivity contribution in [2.75, 3.05) is 38.2 Å². The number of hydrogen-bond donors (Lipinski definition) is 1. The zero-order chi connectivity index (χ0) is 22.3. The third kappa shape index (κ3) is 5.40. The van der Waals surface area contributed by atoms with Gasteiger partial charge in [0.05, 0.1) is 19.3 Å². The minimum Gasteiger partial charge on any atom is -0.484 e. The van der Waals surface area contributed by atoms with E-state index in [1.54, 1.807) is 0 Å². The molecule has 0 radical (unpaired) electrons. The first-order chi connectivity index (χ1) is 15.6. The zero-order valence-corrected chi connectivity index (χ0v) is 18.6. The molecule has 1 aliphatic heterocycles. The van der Waals surface area contributed by atoms with Crippen molar-refractivity contribution >= 4 is 17.5 Å². The number of benzene rings is 2. The third-order valence-electron chi connectivity index (χ3n) is 5.42. The molecule has 1 atom stereocenters. The number of aryl methyl sites for hydroxylation is 1. The van der Waals surface area contributed by atoms with E-state index < -0.39 is 0 Å². The number of para-hydroxylation sites is 1. The fraction of sp³-hybridized carbons (Fsp3) is 0.333. The lowest BCUT2D eigenvalue weighted by molar-refractivity contribution is 0.0186. The molecule has 1 fully saturated rings. The predicted molar refractivity (Wildman–Crippen MR) is 122 cm³/mol. The smallest absolute Gasteiger partial charge is 0.236 e. The Morgan fingerprint density at radius 3 is 2.66 bits per heavy atom. The molecule has 2 heterocycles. The Hall–Kier alpha value is -3.05. The van der Waals surface area contributed by atoms with E-state index in [1.807, 2.05) is 55.5 Å². The van der Waals surface area contributed by atoms with Gasteiger partial charge >= 0.3 is 0 Å². The summed E-state index contributed by atoms with van der Waals surface area (Å²) in [5.74, 6) is 1.46. The van der Waals surface area contributed by atoms with E-state index in [0.29, 0.717) is 36.6 Å². The number of ether oxygens (including phenoxy) is 2. The molecule has 1 aromatic heterocycles. The maximum Gasteiger partial charge on any atom is 0.236 e. The number of anilines is 1. The lowest BCUT2D eigenvalue weighted by Gasteiger charge is -2.34. The molecule has 8 heteroatoms. The van der Waals surface area contributed by atoms with Crippen molar-refractivity contribution in [2.45, 2.75) is 19.6 Å². The second-order valence-corrected chi connectivity index (χ2v) is 7.98. The third-order valence-corrected chi connectivity index (χ3v) is 5.67. The van der Waals surface area contributed by atoms with Gasteiger partial charge in [0, 0.05) is 24.7 Å². The first kappa shape index (κ1) is 22.2. The van der Waals surface area contributed by atoms with Crippen molar-refractivity contribution in [2.24, 2.45) is 0 Å². The minimum absolute atomic E-state index is 0.0690. The number of morpholine rings is 1. The van der Waals surface area contributed by atoms with Crippen LogP contribution < -0.4 is 10.1 Å². The predicted octanol–water partition coefficient (Wildman–Crippen LogP) is 4.57. The Kier molecular flexibility index (Phi) is 7.28. The van der Waals surface area contributed by atoms with E-state index in [9.17, 15) is 5.26 Å². The maximum atomic E-state index is 9.53. The molecular weight excluding hydrogens is 428 g/mol. The van der Waals surface area contributed by atoms with Gasteiger partial charge in [0.25, 0.3) is 0 Å². The SMILES string of the molecule is Cc1ccccc1OCc1nc(C#N)c(NC[C@@H](c2ccc(Cl)cc2)N2CCOCC2)o1. The average molecular weight is 453 g/mol. The van der Waals surface area contributed by atoms with E-state index in [4.69, 9.17) is 25.5 Å². The number of halogens is 1. The van der Waals surface area contributed by atoms with Gasteiger partial charge in [-0.1, -0.05) is 41.9 Å². The Balaban J connectivity index is 1.47. The Labute approximate surface area is 192 Å². The van der Waals surface area contributed by atoms with E-state index in [1.165, 1.54) is 0 Å². The van der Waals surface area contributed by atoms with Crippen molar-refractivity contribution in [3.05, 3.63) is 76.3 Å². The number of hydrogen-bond acceptors (Lipinski definition) is 7. The summed E-state index contributed by atoms with van der Waals surface area (Å²) in [6.45, 7) is 5.69. The van der Waals surface area contributed by atoms with Gasteiger partial charge < -0.3 is 19.2 Å². The number of oxazole rings is 1. The molecule has 32 heavy (non-hydrogen) atoms. The van der Waals surface area contributed by atoms with Gasteiger partial charge in [-0.3, -0.25) is 4.90 Å². The summed E-state index contributed by atoms with van der Waals surface area (Å²) in [5, 5.41) is 13.5. The normalized spacial score (nSPS) is 15.2. The van der Waals surface area contributed by atoms with Crippen LogP contribution in [0.4, 0.5) is 5.88 Å². The van der Waals surface area contributed by atoms with Crippen LogP contribution in [0.2, 0.25) is 5.02 Å². The van der Waals surface area contributed by atoms with Gasteiger partial charge in [0.1, 0.15) is 11.8 Å². The maximum absolute atomic E-state index is 9.53. The van der Waals surface area contributed by atoms with Gasteiger partial charge in [-0.05, 0) is 36.2 Å². The highest BCUT2D eigenvalue weighted by Gasteiger charge is 2.24. The molecule has 0 bridgehead atoms. The molecule has 3 aromatic rings. The second-order valence-electron chi connectivity index (χ2n) is 7.55. The van der Waals surface area contributed by atoms with Crippen molar-refractivity contribution in [1.82, 2.24) is 9.88 Å². The highest BCUT2D eigenvalue weighted by atomic mass is 35.5. The van der Waals surface area contributed by atoms with E-state index in [0.717, 1.165) is 30.0 Å². The van der Waals surface area contributed by atoms with Crippen LogP contribution in [-0.2, 0) is 11.3 Å². The quantitative estimate of drug-likeness (QED) is 0.535. The van der Waals surface area contributed by atoms with Crippen LogP contribution in [0.3, 0.4) is 0 Å². The standard InChI is InChI=1S/C24H25ClN4O3/c1-17-4-2-3-5-22(17)31-16-23-28-20(14-26)24(32-23)27-15-21(29-10-12-30-13-11-29)18-6-8-19(25)9-7-18/h2-9,21,27H,10-13,15-16H2,1H3/t21-/m0/s1. The molecule has 2 aromatic carbocycles. The van der Waals surface area contributed by atoms with Gasteiger partial charge in [0.2, 0.25) is 17.5 Å². The molecule has 1 saturated heterocycles. The van der Waals surface area contributed by atoms with Crippen molar-refractivity contribution in [3.63, 3.8) is 0 Å². The fourth-order valence-corrected chi connectivity index (χ4v) is 3.83. The number of nitrogens with zero attached hydrogens (tertiary/aromatic N) is 3. The monoisotopic (exact) mass is 452 g/mol. The highest BCUT2D eigenvalue weighted by Crippen LogP contribution is 2.26. The minimum atomic E-state index is 0.0690. The summed E-state index contributed by atoms with van der Waals surface area (Å²) in [4.78, 5) is 6.63. The Morgan fingerprint density at radius 1 is 1.19 bits per heavy atom. The zero-order valence-electron chi connectivity index (χ0n) is 17.9. The summed E-state index contributed by atoms with van der Waals surface area (Å²) in [7, 11) is 0. The van der Waals surface area contributed by atoms with Crippen LogP contribution >= 0.6 is 11.6 Å². The lowest BCUT2D eigenvalue weighted by atomic mass is 10.0. The van der Waals surface area contributed by atoms with Crippen LogP contribution in [0.1, 0.15) is 28.8 Å². The summed E-state index contributed by atoms with van der Waals surface area (Å²) in [6, 6.07) is 17.7. The first-order valence-electron chi connectivity index (χ1n) is 10.5. The van der Waals surface area contributed by atoms with Gasteiger partial charge in [-0.15, -0.1) is 0 Å². The Morgan fingerprint density at radius 2 is 1.94 bits per heavy atom. The summed E-state index contributed by atoms with van der Waals surface area (Å²) < 4.78 is 17.1. The molecule has 0 unspecified atom stereocenters. The molecule has 7 nitrogen and oxygen atoms in total. The topological polar surface area (TPSA) is 83.5 Å². The van der Waals surface area contributed by atoms with Gasteiger partial charge in [-0.25, -0.2) is 0 Å². The van der Waals surface area contributed by atoms with Crippen LogP contribution in [0.5, 0.6) is 5.75 Å². The molecule has 0 amide bonds. The van der Waals surface area contributed by atoms with Crippen molar-refractivity contribution in [1.29, 1.82) is 5.26 Å². The fourth-order valence-electron chi connectivity index (χ4n) is 3.70. The van der Waals surface area contributed by atoms with Crippen LogP contribution in [0.15, 0.2) is 52.9 Å². The molecule has 0 spiro atoms. The number of nitriles is 1. The largest absolute Gasteiger partial charge is 0.484 e. The molecule has 166 valence electrons. The first-order valence-corrected chi connectivity index (χ1v) is 10.9. The lowest BCUT2D eigenvalue weighted by Crippen LogP contribution is -2.41. The molecule has 0 saturated carbocycles. The summed E-state index contributed by atoms with van der Waals surface area (Å²) in [5.41, 5.74) is 2.37. The number of rotatable bonds is 8. The molecule has 0 aliphatic carbocycles. The van der Waals surface area contributed by atoms with Gasteiger partial charge in [-0.2, -0.15) is 10.2 Å². The number of aromatic nitrogens is 1. The van der Waals surface area contributed by atoms with Crippen molar-refractivity contribution in [3.8, 4) is 11.8 Å². The van der Waals surface area contributed by atoms with Crippen molar-refractivity contribution < 1.29 is 13.9 Å². The Bertz CT molecular complexity index is 1070. The molecule has 1 N–H and O–H groups in total. The average Bonchev–Trinajstić information content (AvgIpc) is 3.22. The van der Waals surface area contributed by atoms with Gasteiger partial charge in [0.15, 0.2) is 6.61 Å². The summed E-state index contributed by atoms with van der Waals surface area (Å²) >= 11 is 6.08. The van der Waals surface area contributed by atoms with Crippen LogP contribution in [0, 0.1) is 18.3 Å². The second kappa shape index (κ2) is 10.5. The van der Waals surface area contributed by atoms with Crippen LogP contribution in [-0.4, -0.2) is 42.7 Å². The van der Waals surface area contributed by atoms with E-state index >= 15 is 0 Å². The molecular formula is C24H25ClN4O3. The molecule has 1 aliphatic rings. The highest BCUT2D eigenvalue weighted by molar-refractivity contribution is 6.30. The molecule has 4 rings (SSSR count). The van der Waals surface area contributed by atoms with E-state index in [2.05, 4.69) is 21.3 Å². The summed E-state index contributed by atoms with van der Waals surface area (Å²) in [6.07, 6.45) is 0. The van der Waals surface area contributed by atoms with Crippen LogP contribution in [0.25, 0.3) is 0 Å². The number of nitrogens with one attached hydrogen (secondary N) is 1.